The molecule has 0 saturated heterocycles. The molecule has 0 aliphatic rings. The molecule has 0 fully saturated rings. The van der Waals surface area contributed by atoms with Gasteiger partial charge in [-0.05, 0) is 24.3 Å². The minimum absolute atomic E-state index is 0.353. The number of alkyl halides is 3. The largest absolute Gasteiger partial charge is 0.406 e. The van der Waals surface area contributed by atoms with Gasteiger partial charge in [0, 0.05) is 6.04 Å². The Morgan fingerprint density at radius 3 is 2.39 bits per heavy atom. The van der Waals surface area contributed by atoms with E-state index in [0.717, 1.165) is 4.90 Å². The van der Waals surface area contributed by atoms with Crippen LogP contribution in [-0.4, -0.2) is 29.6 Å². The molecule has 1 heterocycles. The zero-order chi connectivity index (χ0) is 13.8. The van der Waals surface area contributed by atoms with Crippen LogP contribution >= 0.6 is 11.3 Å². The van der Waals surface area contributed by atoms with Gasteiger partial charge in [-0.3, -0.25) is 4.79 Å². The fraction of sp³-hybridized carbons (Fsp3) is 0.583. The molecular formula is C12H16F3NOS. The van der Waals surface area contributed by atoms with Gasteiger partial charge in [0.15, 0.2) is 0 Å². The molecule has 0 aromatic carbocycles. The van der Waals surface area contributed by atoms with Crippen molar-refractivity contribution in [3.8, 4) is 0 Å². The van der Waals surface area contributed by atoms with Crippen molar-refractivity contribution >= 4 is 17.2 Å². The first-order chi connectivity index (χ1) is 8.39. The molecule has 0 radical (unpaired) electrons. The Balaban J connectivity index is 2.93. The minimum Gasteiger partial charge on any atom is -0.326 e. The second kappa shape index (κ2) is 6.22. The summed E-state index contributed by atoms with van der Waals surface area (Å²) in [6, 6.07) is 2.84. The standard InChI is InChI=1S/C12H16F3NOS/c1-3-9(4-2)16(8-12(13,14)15)11(17)10-6-5-7-18-10/h5-7,9H,3-4,8H2,1-2H3. The Kier molecular flexibility index (Phi) is 5.19. The van der Waals surface area contributed by atoms with Crippen molar-refractivity contribution in [2.45, 2.75) is 38.9 Å². The Hall–Kier alpha value is -1.04. The summed E-state index contributed by atoms with van der Waals surface area (Å²) >= 11 is 1.17. The van der Waals surface area contributed by atoms with Crippen molar-refractivity contribution in [3.63, 3.8) is 0 Å². The molecule has 0 aliphatic carbocycles. The first-order valence-electron chi connectivity index (χ1n) is 5.80. The number of amides is 1. The van der Waals surface area contributed by atoms with Crippen LogP contribution in [0.4, 0.5) is 13.2 Å². The van der Waals surface area contributed by atoms with Crippen LogP contribution in [0.2, 0.25) is 0 Å². The van der Waals surface area contributed by atoms with Crippen LogP contribution in [0, 0.1) is 0 Å². The Bertz CT molecular complexity index is 371. The number of halogens is 3. The van der Waals surface area contributed by atoms with Crippen molar-refractivity contribution in [2.75, 3.05) is 6.54 Å². The molecule has 2 nitrogen and oxygen atoms in total. The van der Waals surface area contributed by atoms with Crippen LogP contribution in [0.25, 0.3) is 0 Å². The average molecular weight is 279 g/mol. The molecule has 0 aliphatic heterocycles. The van der Waals surface area contributed by atoms with E-state index in [0.29, 0.717) is 17.7 Å². The third-order valence-electron chi connectivity index (χ3n) is 2.73. The Morgan fingerprint density at radius 2 is 2.00 bits per heavy atom. The predicted octanol–water partition coefficient (Wildman–Crippen LogP) is 3.94. The first-order valence-corrected chi connectivity index (χ1v) is 6.68. The molecule has 1 aromatic rings. The highest BCUT2D eigenvalue weighted by molar-refractivity contribution is 7.12. The number of carbonyl (C=O) groups excluding carboxylic acids is 1. The van der Waals surface area contributed by atoms with Crippen molar-refractivity contribution in [2.24, 2.45) is 0 Å². The molecule has 0 unspecified atom stereocenters. The van der Waals surface area contributed by atoms with E-state index in [1.165, 1.54) is 11.3 Å². The van der Waals surface area contributed by atoms with Crippen LogP contribution in [0.3, 0.4) is 0 Å². The fourth-order valence-electron chi connectivity index (χ4n) is 1.83. The van der Waals surface area contributed by atoms with E-state index in [-0.39, 0.29) is 6.04 Å². The fourth-order valence-corrected chi connectivity index (χ4v) is 2.51. The highest BCUT2D eigenvalue weighted by atomic mass is 32.1. The lowest BCUT2D eigenvalue weighted by Gasteiger charge is -2.30. The summed E-state index contributed by atoms with van der Waals surface area (Å²) < 4.78 is 37.7. The summed E-state index contributed by atoms with van der Waals surface area (Å²) in [4.78, 5) is 13.4. The average Bonchev–Trinajstić information content (AvgIpc) is 2.80. The van der Waals surface area contributed by atoms with E-state index in [1.54, 1.807) is 31.4 Å². The third kappa shape index (κ3) is 4.01. The molecule has 0 N–H and O–H groups in total. The summed E-state index contributed by atoms with van der Waals surface area (Å²) in [6.45, 7) is 2.40. The van der Waals surface area contributed by atoms with Gasteiger partial charge in [0.2, 0.25) is 0 Å². The molecule has 102 valence electrons. The van der Waals surface area contributed by atoms with Crippen molar-refractivity contribution < 1.29 is 18.0 Å². The maximum Gasteiger partial charge on any atom is 0.406 e. The summed E-state index contributed by atoms with van der Waals surface area (Å²) in [5.74, 6) is -0.531. The number of thiophene rings is 1. The maximum atomic E-state index is 12.6. The van der Waals surface area contributed by atoms with E-state index in [1.807, 2.05) is 0 Å². The first kappa shape index (κ1) is 15.0. The molecular weight excluding hydrogens is 263 g/mol. The molecule has 6 heteroatoms. The van der Waals surface area contributed by atoms with Gasteiger partial charge in [-0.1, -0.05) is 19.9 Å². The highest BCUT2D eigenvalue weighted by Gasteiger charge is 2.36. The normalized spacial score (nSPS) is 11.9. The topological polar surface area (TPSA) is 20.3 Å². The quantitative estimate of drug-likeness (QED) is 0.799. The second-order valence-electron chi connectivity index (χ2n) is 4.00. The van der Waals surface area contributed by atoms with Crippen LogP contribution in [-0.2, 0) is 0 Å². The third-order valence-corrected chi connectivity index (χ3v) is 3.58. The number of hydrogen-bond acceptors (Lipinski definition) is 2. The Morgan fingerprint density at radius 1 is 1.39 bits per heavy atom. The van der Waals surface area contributed by atoms with Crippen molar-refractivity contribution in [1.29, 1.82) is 0 Å². The summed E-state index contributed by atoms with van der Waals surface area (Å²) in [7, 11) is 0. The number of rotatable bonds is 5. The smallest absolute Gasteiger partial charge is 0.326 e. The van der Waals surface area contributed by atoms with E-state index in [9.17, 15) is 18.0 Å². The number of carbonyl (C=O) groups is 1. The van der Waals surface area contributed by atoms with Gasteiger partial charge in [0.1, 0.15) is 6.54 Å². The monoisotopic (exact) mass is 279 g/mol. The van der Waals surface area contributed by atoms with E-state index >= 15 is 0 Å². The molecule has 1 amide bonds. The molecule has 1 rings (SSSR count). The SMILES string of the molecule is CCC(CC)N(CC(F)(F)F)C(=O)c1cccs1. The van der Waals surface area contributed by atoms with Crippen molar-refractivity contribution in [3.05, 3.63) is 22.4 Å². The predicted molar refractivity (Wildman–Crippen MR) is 65.8 cm³/mol. The van der Waals surface area contributed by atoms with Gasteiger partial charge in [-0.15, -0.1) is 11.3 Å². The van der Waals surface area contributed by atoms with Gasteiger partial charge in [0.05, 0.1) is 4.88 Å². The number of nitrogens with zero attached hydrogens (tertiary/aromatic N) is 1. The molecule has 18 heavy (non-hydrogen) atoms. The highest BCUT2D eigenvalue weighted by Crippen LogP contribution is 2.23. The zero-order valence-corrected chi connectivity index (χ0v) is 11.1. The minimum atomic E-state index is -4.37. The van der Waals surface area contributed by atoms with Gasteiger partial charge < -0.3 is 4.90 Å². The van der Waals surface area contributed by atoms with Gasteiger partial charge in [-0.25, -0.2) is 0 Å². The maximum absolute atomic E-state index is 12.6. The lowest BCUT2D eigenvalue weighted by molar-refractivity contribution is -0.144. The lowest BCUT2D eigenvalue weighted by atomic mass is 10.1. The van der Waals surface area contributed by atoms with Crippen LogP contribution in [0.1, 0.15) is 36.4 Å². The van der Waals surface area contributed by atoms with Crippen LogP contribution < -0.4 is 0 Å². The van der Waals surface area contributed by atoms with Gasteiger partial charge >= 0.3 is 6.18 Å². The van der Waals surface area contributed by atoms with E-state index < -0.39 is 18.6 Å². The molecule has 0 atom stereocenters. The summed E-state index contributed by atoms with van der Waals surface area (Å²) in [5, 5.41) is 1.69. The van der Waals surface area contributed by atoms with Gasteiger partial charge in [0.25, 0.3) is 5.91 Å². The zero-order valence-electron chi connectivity index (χ0n) is 10.3. The molecule has 0 saturated carbocycles. The van der Waals surface area contributed by atoms with Crippen molar-refractivity contribution in [1.82, 2.24) is 4.90 Å². The molecule has 1 aromatic heterocycles. The van der Waals surface area contributed by atoms with Crippen LogP contribution in [0.5, 0.6) is 0 Å². The Labute approximate surface area is 108 Å². The second-order valence-corrected chi connectivity index (χ2v) is 4.94. The summed E-state index contributed by atoms with van der Waals surface area (Å²) in [6.07, 6.45) is -3.33. The van der Waals surface area contributed by atoms with Gasteiger partial charge in [-0.2, -0.15) is 13.2 Å². The number of hydrogen-bond donors (Lipinski definition) is 0. The van der Waals surface area contributed by atoms with Crippen LogP contribution in [0.15, 0.2) is 17.5 Å². The summed E-state index contributed by atoms with van der Waals surface area (Å²) in [5.41, 5.74) is 0. The molecule has 0 spiro atoms. The van der Waals surface area contributed by atoms with E-state index in [4.69, 9.17) is 0 Å². The lowest BCUT2D eigenvalue weighted by Crippen LogP contribution is -2.45. The van der Waals surface area contributed by atoms with E-state index in [2.05, 4.69) is 0 Å². The molecule has 0 bridgehead atoms.